The Labute approximate surface area is 204 Å². The number of carboxylic acid groups (broad SMARTS) is 1. The van der Waals surface area contributed by atoms with Gasteiger partial charge >= 0.3 is 5.97 Å². The van der Waals surface area contributed by atoms with Gasteiger partial charge in [0, 0.05) is 18.8 Å². The van der Waals surface area contributed by atoms with E-state index in [1.165, 1.54) is 37.7 Å². The van der Waals surface area contributed by atoms with Gasteiger partial charge < -0.3 is 9.53 Å². The van der Waals surface area contributed by atoms with Gasteiger partial charge in [-0.2, -0.15) is 0 Å². The third kappa shape index (κ3) is 8.34. The first kappa shape index (κ1) is 28.3. The molecule has 1 saturated carbocycles. The lowest BCUT2D eigenvalue weighted by Gasteiger charge is -2.49. The molecule has 4 nitrogen and oxygen atoms in total. The fraction of sp³-hybridized carbons (Fsp3) is 0.857. The van der Waals surface area contributed by atoms with Crippen LogP contribution in [-0.2, 0) is 14.0 Å². The van der Waals surface area contributed by atoms with Gasteiger partial charge in [-0.1, -0.05) is 70.9 Å². The number of aliphatic carboxylic acids is 1. The topological polar surface area (TPSA) is 63.6 Å². The largest absolute Gasteiger partial charge is 0.481 e. The number of Topliss-reactive ketones (excluding diaryl/α,β-unsaturated/α-hetero) is 1. The fourth-order valence-electron chi connectivity index (χ4n) is 5.50. The lowest BCUT2D eigenvalue weighted by molar-refractivity contribution is -0.137. The van der Waals surface area contributed by atoms with Gasteiger partial charge in [0.25, 0.3) is 0 Å². The van der Waals surface area contributed by atoms with E-state index in [1.807, 2.05) is 0 Å². The maximum Gasteiger partial charge on any atom is 0.303 e. The van der Waals surface area contributed by atoms with Crippen molar-refractivity contribution >= 4 is 20.1 Å². The summed E-state index contributed by atoms with van der Waals surface area (Å²) in [6.45, 7) is 14.1. The summed E-state index contributed by atoms with van der Waals surface area (Å²) in [6, 6.07) is 0. The molecule has 0 amide bonds. The summed E-state index contributed by atoms with van der Waals surface area (Å²) in [7, 11) is -1.90. The van der Waals surface area contributed by atoms with Gasteiger partial charge in [0.15, 0.2) is 8.32 Å². The molecule has 1 fully saturated rings. The van der Waals surface area contributed by atoms with Crippen LogP contribution in [-0.4, -0.2) is 30.8 Å². The van der Waals surface area contributed by atoms with E-state index in [0.29, 0.717) is 18.1 Å². The van der Waals surface area contributed by atoms with Crippen LogP contribution in [0.15, 0.2) is 11.6 Å². The van der Waals surface area contributed by atoms with Gasteiger partial charge in [0.05, 0.1) is 5.60 Å². The highest BCUT2D eigenvalue weighted by molar-refractivity contribution is 6.74. The highest BCUT2D eigenvalue weighted by Crippen LogP contribution is 2.46. The SMILES string of the molecule is CC(CCC1=CCC(=O)[C@@H]1CCCCCCC(=O)O)(O[Si](C)(C)C(C)(C)C)C1CCCCC1. The van der Waals surface area contributed by atoms with Crippen LogP contribution in [0.1, 0.15) is 118 Å². The number of ketones is 1. The standard InChI is InChI=1S/C28H50O4Si/c1-27(2,3)33(5,6)32-28(4,23-14-10-9-11-15-23)21-20-22-18-19-25(29)24(22)16-12-7-8-13-17-26(30)31/h18,23-24H,7-17,19-21H2,1-6H3,(H,30,31)/t24-,28?/m1/s1. The minimum absolute atomic E-state index is 0.0768. The monoisotopic (exact) mass is 478 g/mol. The molecular formula is C28H50O4Si. The lowest BCUT2D eigenvalue weighted by Crippen LogP contribution is -2.52. The average Bonchev–Trinajstić information content (AvgIpc) is 3.08. The van der Waals surface area contributed by atoms with Crippen LogP contribution in [0.25, 0.3) is 0 Å². The van der Waals surface area contributed by atoms with Crippen molar-refractivity contribution in [2.45, 2.75) is 141 Å². The first-order valence-electron chi connectivity index (χ1n) is 13.5. The summed E-state index contributed by atoms with van der Waals surface area (Å²) in [5.74, 6) is 0.353. The number of carbonyl (C=O) groups is 2. The molecule has 2 atom stereocenters. The third-order valence-electron chi connectivity index (χ3n) is 8.71. The summed E-state index contributed by atoms with van der Waals surface area (Å²) in [5.41, 5.74) is 1.23. The molecule has 0 aromatic heterocycles. The molecule has 0 saturated heterocycles. The number of unbranched alkanes of at least 4 members (excludes halogenated alkanes) is 3. The van der Waals surface area contributed by atoms with E-state index in [1.54, 1.807) is 0 Å². The number of carboxylic acids is 1. The van der Waals surface area contributed by atoms with Gasteiger partial charge in [-0.05, 0) is 69.5 Å². The van der Waals surface area contributed by atoms with Crippen LogP contribution < -0.4 is 0 Å². The normalized spacial score (nSPS) is 22.3. The second-order valence-corrected chi connectivity index (χ2v) is 17.1. The third-order valence-corrected chi connectivity index (χ3v) is 13.3. The smallest absolute Gasteiger partial charge is 0.303 e. The molecule has 0 aromatic rings. The number of hydrogen-bond donors (Lipinski definition) is 1. The van der Waals surface area contributed by atoms with E-state index >= 15 is 0 Å². The van der Waals surface area contributed by atoms with Gasteiger partial charge in [-0.15, -0.1) is 0 Å². The molecule has 2 aliphatic rings. The second kappa shape index (κ2) is 12.1. The zero-order valence-electron chi connectivity index (χ0n) is 22.3. The molecule has 0 spiro atoms. The first-order valence-corrected chi connectivity index (χ1v) is 16.4. The van der Waals surface area contributed by atoms with Crippen molar-refractivity contribution < 1.29 is 19.1 Å². The molecule has 0 bridgehead atoms. The van der Waals surface area contributed by atoms with Crippen LogP contribution in [0.4, 0.5) is 0 Å². The van der Waals surface area contributed by atoms with E-state index in [0.717, 1.165) is 44.9 Å². The molecule has 33 heavy (non-hydrogen) atoms. The van der Waals surface area contributed by atoms with Crippen LogP contribution in [0.2, 0.25) is 18.1 Å². The molecule has 5 heteroatoms. The molecule has 1 unspecified atom stereocenters. The zero-order valence-corrected chi connectivity index (χ0v) is 23.3. The summed E-state index contributed by atoms with van der Waals surface area (Å²) >= 11 is 0. The van der Waals surface area contributed by atoms with Crippen molar-refractivity contribution in [2.75, 3.05) is 0 Å². The van der Waals surface area contributed by atoms with Crippen molar-refractivity contribution in [1.82, 2.24) is 0 Å². The van der Waals surface area contributed by atoms with E-state index in [9.17, 15) is 9.59 Å². The molecule has 2 aliphatic carbocycles. The highest BCUT2D eigenvalue weighted by Gasteiger charge is 2.46. The Kier molecular flexibility index (Phi) is 10.4. The lowest BCUT2D eigenvalue weighted by atomic mass is 9.75. The molecule has 2 rings (SSSR count). The van der Waals surface area contributed by atoms with Crippen LogP contribution in [0, 0.1) is 11.8 Å². The highest BCUT2D eigenvalue weighted by atomic mass is 28.4. The maximum atomic E-state index is 12.6. The molecule has 0 aromatic carbocycles. The summed E-state index contributed by atoms with van der Waals surface area (Å²) in [4.78, 5) is 23.3. The Hall–Kier alpha value is -0.943. The number of carbonyl (C=O) groups excluding carboxylic acids is 1. The predicted molar refractivity (Wildman–Crippen MR) is 139 cm³/mol. The number of allylic oxidation sites excluding steroid dienone is 2. The molecule has 1 N–H and O–H groups in total. The van der Waals surface area contributed by atoms with Crippen molar-refractivity contribution in [1.29, 1.82) is 0 Å². The minimum atomic E-state index is -1.90. The molecule has 0 heterocycles. The molecule has 0 radical (unpaired) electrons. The summed E-state index contributed by atoms with van der Waals surface area (Å²) in [6.07, 6.45) is 16.1. The van der Waals surface area contributed by atoms with Crippen LogP contribution >= 0.6 is 0 Å². The van der Waals surface area contributed by atoms with Gasteiger partial charge in [-0.3, -0.25) is 9.59 Å². The van der Waals surface area contributed by atoms with E-state index in [-0.39, 0.29) is 23.0 Å². The van der Waals surface area contributed by atoms with E-state index < -0.39 is 14.3 Å². The summed E-state index contributed by atoms with van der Waals surface area (Å²) < 4.78 is 7.17. The van der Waals surface area contributed by atoms with Crippen LogP contribution in [0.5, 0.6) is 0 Å². The Morgan fingerprint density at radius 3 is 2.30 bits per heavy atom. The maximum absolute atomic E-state index is 12.6. The van der Waals surface area contributed by atoms with Gasteiger partial charge in [0.1, 0.15) is 5.78 Å². The summed E-state index contributed by atoms with van der Waals surface area (Å²) in [5, 5.41) is 8.98. The van der Waals surface area contributed by atoms with Crippen molar-refractivity contribution in [3.05, 3.63) is 11.6 Å². The average molecular weight is 479 g/mol. The van der Waals surface area contributed by atoms with Crippen molar-refractivity contribution in [3.63, 3.8) is 0 Å². The Balaban J connectivity index is 1.99. The van der Waals surface area contributed by atoms with Crippen LogP contribution in [0.3, 0.4) is 0 Å². The van der Waals surface area contributed by atoms with E-state index in [4.69, 9.17) is 9.53 Å². The Morgan fingerprint density at radius 1 is 1.06 bits per heavy atom. The first-order chi connectivity index (χ1) is 15.4. The number of rotatable bonds is 13. The number of hydrogen-bond acceptors (Lipinski definition) is 3. The predicted octanol–water partition coefficient (Wildman–Crippen LogP) is 8.07. The van der Waals surface area contributed by atoms with E-state index in [2.05, 4.69) is 46.9 Å². The van der Waals surface area contributed by atoms with Gasteiger partial charge in [0.2, 0.25) is 0 Å². The molecule has 0 aliphatic heterocycles. The van der Waals surface area contributed by atoms with Crippen molar-refractivity contribution in [3.8, 4) is 0 Å². The van der Waals surface area contributed by atoms with Crippen molar-refractivity contribution in [2.24, 2.45) is 11.8 Å². The van der Waals surface area contributed by atoms with Gasteiger partial charge in [-0.25, -0.2) is 0 Å². The Morgan fingerprint density at radius 2 is 1.70 bits per heavy atom. The fourth-order valence-corrected chi connectivity index (χ4v) is 7.24. The second-order valence-electron chi connectivity index (χ2n) is 12.4. The Bertz CT molecular complexity index is 685. The minimum Gasteiger partial charge on any atom is -0.481 e. The molecular weight excluding hydrogens is 428 g/mol. The zero-order chi connectivity index (χ0) is 24.7. The quantitative estimate of drug-likeness (QED) is 0.165. The molecule has 190 valence electrons.